The molecule has 0 unspecified atom stereocenters. The fourth-order valence-corrected chi connectivity index (χ4v) is 2.56. The van der Waals surface area contributed by atoms with Crippen LogP contribution in [0.25, 0.3) is 11.6 Å². The van der Waals surface area contributed by atoms with Gasteiger partial charge in [-0.15, -0.1) is 10.2 Å². The molecular weight excluding hydrogens is 337 g/mol. The Morgan fingerprint density at radius 3 is 2.88 bits per heavy atom. The Bertz CT molecular complexity index is 903. The van der Waals surface area contributed by atoms with Crippen LogP contribution in [0, 0.1) is 12.7 Å². The molecule has 0 saturated heterocycles. The lowest BCUT2D eigenvalue weighted by atomic mass is 10.2. The number of nitrogens with zero attached hydrogens (tertiary/aromatic N) is 4. The second-order valence-electron chi connectivity index (χ2n) is 5.86. The summed E-state index contributed by atoms with van der Waals surface area (Å²) in [5.74, 6) is 0.219. The average Bonchev–Trinajstić information content (AvgIpc) is 3.25. The molecule has 3 rings (SSSR count). The first-order chi connectivity index (χ1) is 12.6. The van der Waals surface area contributed by atoms with E-state index in [4.69, 9.17) is 4.42 Å². The van der Waals surface area contributed by atoms with E-state index in [0.29, 0.717) is 30.3 Å². The number of amides is 1. The number of benzene rings is 1. The fourth-order valence-electron chi connectivity index (χ4n) is 2.56. The van der Waals surface area contributed by atoms with Crippen LogP contribution in [0.2, 0.25) is 0 Å². The quantitative estimate of drug-likeness (QED) is 0.702. The second kappa shape index (κ2) is 7.90. The van der Waals surface area contributed by atoms with Gasteiger partial charge in [-0.25, -0.2) is 4.39 Å². The van der Waals surface area contributed by atoms with Gasteiger partial charge in [-0.05, 0) is 26.0 Å². The molecule has 0 aliphatic heterocycles. The minimum Gasteiger partial charge on any atom is -0.419 e. The summed E-state index contributed by atoms with van der Waals surface area (Å²) >= 11 is 0. The monoisotopic (exact) mass is 357 g/mol. The summed E-state index contributed by atoms with van der Waals surface area (Å²) in [6.07, 6.45) is 0.498. The highest BCUT2D eigenvalue weighted by molar-refractivity contribution is 5.76. The summed E-state index contributed by atoms with van der Waals surface area (Å²) in [6, 6.07) is 8.22. The Kier molecular flexibility index (Phi) is 5.40. The van der Waals surface area contributed by atoms with Gasteiger partial charge in [0.05, 0.1) is 5.69 Å². The van der Waals surface area contributed by atoms with Crippen LogP contribution in [-0.2, 0) is 24.3 Å². The summed E-state index contributed by atoms with van der Waals surface area (Å²) < 4.78 is 20.9. The molecule has 8 heteroatoms. The number of aryl methyl sites for hydroxylation is 3. The molecule has 0 radical (unpaired) electrons. The molecule has 0 bridgehead atoms. The van der Waals surface area contributed by atoms with Gasteiger partial charge < -0.3 is 9.73 Å². The number of carbonyl (C=O) groups is 1. The van der Waals surface area contributed by atoms with E-state index in [0.717, 1.165) is 11.4 Å². The topological polar surface area (TPSA) is 85.8 Å². The third-order valence-corrected chi connectivity index (χ3v) is 3.89. The molecule has 2 heterocycles. The minimum atomic E-state index is -0.336. The first kappa shape index (κ1) is 17.8. The number of aromatic nitrogens is 4. The largest absolute Gasteiger partial charge is 0.419 e. The lowest BCUT2D eigenvalue weighted by molar-refractivity contribution is -0.121. The van der Waals surface area contributed by atoms with E-state index in [1.807, 2.05) is 19.9 Å². The van der Waals surface area contributed by atoms with E-state index in [1.165, 1.54) is 6.07 Å². The standard InChI is InChI=1S/C18H20FN5O2/c1-3-24-15(10-12(2)23-24)18-22-21-17(26-18)9-8-16(25)20-11-13-6-4-5-7-14(13)19/h4-7,10H,3,8-9,11H2,1-2H3,(H,20,25). The van der Waals surface area contributed by atoms with Crippen LogP contribution in [0.5, 0.6) is 0 Å². The van der Waals surface area contributed by atoms with Crippen molar-refractivity contribution in [2.45, 2.75) is 39.8 Å². The van der Waals surface area contributed by atoms with Crippen LogP contribution in [0.3, 0.4) is 0 Å². The maximum absolute atomic E-state index is 13.5. The molecular formula is C18H20FN5O2. The van der Waals surface area contributed by atoms with Gasteiger partial charge in [0, 0.05) is 31.5 Å². The molecule has 26 heavy (non-hydrogen) atoms. The predicted octanol–water partition coefficient (Wildman–Crippen LogP) is 2.65. The van der Waals surface area contributed by atoms with E-state index in [9.17, 15) is 9.18 Å². The van der Waals surface area contributed by atoms with Crippen molar-refractivity contribution in [2.24, 2.45) is 0 Å². The highest BCUT2D eigenvalue weighted by Gasteiger charge is 2.15. The van der Waals surface area contributed by atoms with Gasteiger partial charge in [-0.1, -0.05) is 18.2 Å². The summed E-state index contributed by atoms with van der Waals surface area (Å²) in [4.78, 5) is 11.9. The molecule has 0 aliphatic rings. The van der Waals surface area contributed by atoms with Gasteiger partial charge in [0.25, 0.3) is 5.89 Å². The molecule has 0 aliphatic carbocycles. The lowest BCUT2D eigenvalue weighted by Crippen LogP contribution is -2.23. The van der Waals surface area contributed by atoms with Crippen LogP contribution in [0.1, 0.15) is 30.5 Å². The SMILES string of the molecule is CCn1nc(C)cc1-c1nnc(CCC(=O)NCc2ccccc2F)o1. The first-order valence-corrected chi connectivity index (χ1v) is 8.44. The molecule has 0 saturated carbocycles. The Balaban J connectivity index is 1.54. The van der Waals surface area contributed by atoms with Crippen molar-refractivity contribution in [3.8, 4) is 11.6 Å². The molecule has 0 fully saturated rings. The molecule has 136 valence electrons. The molecule has 0 spiro atoms. The smallest absolute Gasteiger partial charge is 0.265 e. The van der Waals surface area contributed by atoms with E-state index in [2.05, 4.69) is 20.6 Å². The van der Waals surface area contributed by atoms with Crippen LogP contribution >= 0.6 is 0 Å². The zero-order valence-electron chi connectivity index (χ0n) is 14.7. The maximum atomic E-state index is 13.5. The Morgan fingerprint density at radius 1 is 1.31 bits per heavy atom. The van der Waals surface area contributed by atoms with Crippen molar-refractivity contribution in [2.75, 3.05) is 0 Å². The number of hydrogen-bond acceptors (Lipinski definition) is 5. The van der Waals surface area contributed by atoms with Crippen molar-refractivity contribution >= 4 is 5.91 Å². The van der Waals surface area contributed by atoms with Crippen molar-refractivity contribution in [3.63, 3.8) is 0 Å². The average molecular weight is 357 g/mol. The first-order valence-electron chi connectivity index (χ1n) is 8.44. The molecule has 2 aromatic heterocycles. The fraction of sp³-hybridized carbons (Fsp3) is 0.333. The third-order valence-electron chi connectivity index (χ3n) is 3.89. The number of hydrogen-bond donors (Lipinski definition) is 1. The maximum Gasteiger partial charge on any atom is 0.265 e. The predicted molar refractivity (Wildman–Crippen MR) is 92.5 cm³/mol. The van der Waals surface area contributed by atoms with Gasteiger partial charge in [-0.2, -0.15) is 5.10 Å². The molecule has 7 nitrogen and oxygen atoms in total. The van der Waals surface area contributed by atoms with Crippen LogP contribution in [-0.4, -0.2) is 25.9 Å². The summed E-state index contributed by atoms with van der Waals surface area (Å²) in [5.41, 5.74) is 2.08. The van der Waals surface area contributed by atoms with Gasteiger partial charge >= 0.3 is 0 Å². The summed E-state index contributed by atoms with van der Waals surface area (Å²) in [6.45, 7) is 4.72. The summed E-state index contributed by atoms with van der Waals surface area (Å²) in [7, 11) is 0. The van der Waals surface area contributed by atoms with Crippen molar-refractivity contribution in [1.82, 2.24) is 25.3 Å². The minimum absolute atomic E-state index is 0.148. The Morgan fingerprint density at radius 2 is 2.12 bits per heavy atom. The van der Waals surface area contributed by atoms with Gasteiger partial charge in [0.1, 0.15) is 11.5 Å². The Labute approximate surface area is 150 Å². The molecule has 0 atom stereocenters. The summed E-state index contributed by atoms with van der Waals surface area (Å²) in [5, 5.41) is 15.0. The number of carbonyl (C=O) groups excluding carboxylic acids is 1. The number of rotatable bonds is 7. The van der Waals surface area contributed by atoms with E-state index >= 15 is 0 Å². The van der Waals surface area contributed by atoms with Crippen LogP contribution in [0.15, 0.2) is 34.7 Å². The van der Waals surface area contributed by atoms with Crippen LogP contribution < -0.4 is 5.32 Å². The molecule has 3 aromatic rings. The second-order valence-corrected chi connectivity index (χ2v) is 5.86. The zero-order valence-corrected chi connectivity index (χ0v) is 14.7. The number of halogens is 1. The lowest BCUT2D eigenvalue weighted by Gasteiger charge is -2.05. The highest BCUT2D eigenvalue weighted by atomic mass is 19.1. The number of nitrogens with one attached hydrogen (secondary N) is 1. The molecule has 1 N–H and O–H groups in total. The van der Waals surface area contributed by atoms with Crippen molar-refractivity contribution in [1.29, 1.82) is 0 Å². The van der Waals surface area contributed by atoms with Gasteiger partial charge in [0.2, 0.25) is 11.8 Å². The van der Waals surface area contributed by atoms with Crippen molar-refractivity contribution < 1.29 is 13.6 Å². The van der Waals surface area contributed by atoms with Crippen LogP contribution in [0.4, 0.5) is 4.39 Å². The Hall–Kier alpha value is -3.03. The van der Waals surface area contributed by atoms with E-state index in [-0.39, 0.29) is 24.7 Å². The van der Waals surface area contributed by atoms with Gasteiger partial charge in [0.15, 0.2) is 0 Å². The normalized spacial score (nSPS) is 10.9. The molecule has 1 aromatic carbocycles. The van der Waals surface area contributed by atoms with E-state index < -0.39 is 0 Å². The highest BCUT2D eigenvalue weighted by Crippen LogP contribution is 2.19. The van der Waals surface area contributed by atoms with E-state index in [1.54, 1.807) is 22.9 Å². The zero-order chi connectivity index (χ0) is 18.5. The van der Waals surface area contributed by atoms with Crippen molar-refractivity contribution in [3.05, 3.63) is 53.3 Å². The molecule has 1 amide bonds. The van der Waals surface area contributed by atoms with Gasteiger partial charge in [-0.3, -0.25) is 9.48 Å². The third kappa shape index (κ3) is 4.14.